The number of sulfonamides is 1. The van der Waals surface area contributed by atoms with Gasteiger partial charge in [0, 0.05) is 31.3 Å². The number of nitrogens with one attached hydrogen (secondary N) is 1. The van der Waals surface area contributed by atoms with Gasteiger partial charge in [-0.2, -0.15) is 4.31 Å². The summed E-state index contributed by atoms with van der Waals surface area (Å²) >= 11 is 0. The minimum atomic E-state index is -3.38. The van der Waals surface area contributed by atoms with Crippen LogP contribution in [0.3, 0.4) is 0 Å². The van der Waals surface area contributed by atoms with Gasteiger partial charge in [0.1, 0.15) is 0 Å². The number of non-ortho nitro benzene ring substituents is 1. The van der Waals surface area contributed by atoms with E-state index in [-0.39, 0.29) is 17.5 Å². The lowest BCUT2D eigenvalue weighted by Gasteiger charge is -2.22. The van der Waals surface area contributed by atoms with Crippen molar-refractivity contribution in [1.29, 1.82) is 0 Å². The van der Waals surface area contributed by atoms with Gasteiger partial charge in [0.05, 0.1) is 10.7 Å². The quantitative estimate of drug-likeness (QED) is 0.653. The van der Waals surface area contributed by atoms with Crippen molar-refractivity contribution >= 4 is 15.7 Å². The molecule has 0 bridgehead atoms. The fourth-order valence-corrected chi connectivity index (χ4v) is 4.98. The Bertz CT molecular complexity index is 644. The van der Waals surface area contributed by atoms with Gasteiger partial charge in [-0.05, 0) is 24.4 Å². The molecule has 0 radical (unpaired) electrons. The third-order valence-corrected chi connectivity index (χ3v) is 6.11. The highest BCUT2D eigenvalue weighted by atomic mass is 32.2. The lowest BCUT2D eigenvalue weighted by atomic mass is 10.1. The molecule has 2 fully saturated rings. The Hall–Kier alpha value is -1.51. The molecule has 7 nitrogen and oxygen atoms in total. The van der Waals surface area contributed by atoms with Crippen molar-refractivity contribution < 1.29 is 13.3 Å². The monoisotopic (exact) mass is 311 g/mol. The Balaban J connectivity index is 1.75. The molecule has 2 atom stereocenters. The minimum Gasteiger partial charge on any atom is -0.315 e. The minimum absolute atomic E-state index is 0.0302. The second-order valence-corrected chi connectivity index (χ2v) is 7.49. The van der Waals surface area contributed by atoms with E-state index in [0.29, 0.717) is 24.6 Å². The SMILES string of the molecule is O=[N+]([O-])c1ccc(CS(=O)(=O)N2CC[C@H]3CNC[C@H]32)cc1. The van der Waals surface area contributed by atoms with Crippen molar-refractivity contribution in [3.63, 3.8) is 0 Å². The summed E-state index contributed by atoms with van der Waals surface area (Å²) in [7, 11) is -3.38. The number of benzene rings is 1. The van der Waals surface area contributed by atoms with Crippen LogP contribution in [0.15, 0.2) is 24.3 Å². The van der Waals surface area contributed by atoms with Gasteiger partial charge in [-0.15, -0.1) is 0 Å². The molecule has 2 aliphatic rings. The molecule has 1 aromatic carbocycles. The van der Waals surface area contributed by atoms with Crippen molar-refractivity contribution in [2.24, 2.45) is 5.92 Å². The zero-order valence-electron chi connectivity index (χ0n) is 11.4. The smallest absolute Gasteiger partial charge is 0.269 e. The van der Waals surface area contributed by atoms with Gasteiger partial charge in [-0.25, -0.2) is 8.42 Å². The topological polar surface area (TPSA) is 92.5 Å². The molecular weight excluding hydrogens is 294 g/mol. The predicted molar refractivity (Wildman–Crippen MR) is 77.2 cm³/mol. The van der Waals surface area contributed by atoms with Gasteiger partial charge in [0.15, 0.2) is 0 Å². The summed E-state index contributed by atoms with van der Waals surface area (Å²) in [6.07, 6.45) is 0.900. The van der Waals surface area contributed by atoms with Crippen LogP contribution in [-0.4, -0.2) is 43.3 Å². The maximum Gasteiger partial charge on any atom is 0.269 e. The van der Waals surface area contributed by atoms with Crippen LogP contribution < -0.4 is 5.32 Å². The molecule has 1 aromatic rings. The van der Waals surface area contributed by atoms with E-state index in [4.69, 9.17) is 0 Å². The molecule has 0 aliphatic carbocycles. The summed E-state index contributed by atoms with van der Waals surface area (Å²) in [5.41, 5.74) is 0.549. The lowest BCUT2D eigenvalue weighted by Crippen LogP contribution is -2.39. The second-order valence-electron chi connectivity index (χ2n) is 5.56. The Morgan fingerprint density at radius 3 is 2.67 bits per heavy atom. The summed E-state index contributed by atoms with van der Waals surface area (Å²) < 4.78 is 26.7. The van der Waals surface area contributed by atoms with Gasteiger partial charge in [0.2, 0.25) is 10.0 Å². The number of hydrogen-bond acceptors (Lipinski definition) is 5. The zero-order valence-corrected chi connectivity index (χ0v) is 12.3. The molecule has 0 saturated carbocycles. The summed E-state index contributed by atoms with van der Waals surface area (Å²) in [4.78, 5) is 10.1. The third kappa shape index (κ3) is 2.78. The van der Waals surface area contributed by atoms with Crippen molar-refractivity contribution in [3.05, 3.63) is 39.9 Å². The summed E-state index contributed by atoms with van der Waals surface area (Å²) in [5.74, 6) is 0.311. The first kappa shape index (κ1) is 14.4. The molecule has 114 valence electrons. The average Bonchev–Trinajstić information content (AvgIpc) is 3.00. The summed E-state index contributed by atoms with van der Waals surface area (Å²) in [6, 6.07) is 5.77. The Kier molecular flexibility index (Phi) is 3.68. The molecule has 0 amide bonds. The first-order valence-corrected chi connectivity index (χ1v) is 8.52. The van der Waals surface area contributed by atoms with Crippen molar-refractivity contribution in [1.82, 2.24) is 9.62 Å². The van der Waals surface area contributed by atoms with Gasteiger partial charge >= 0.3 is 0 Å². The van der Waals surface area contributed by atoms with Crippen LogP contribution in [0, 0.1) is 16.0 Å². The first-order chi connectivity index (χ1) is 9.97. The van der Waals surface area contributed by atoms with Crippen molar-refractivity contribution in [2.45, 2.75) is 18.2 Å². The van der Waals surface area contributed by atoms with Crippen LogP contribution in [0.25, 0.3) is 0 Å². The van der Waals surface area contributed by atoms with Gasteiger partial charge in [-0.3, -0.25) is 10.1 Å². The predicted octanol–water partition coefficient (Wildman–Crippen LogP) is 0.718. The van der Waals surface area contributed by atoms with Crippen LogP contribution in [-0.2, 0) is 15.8 Å². The van der Waals surface area contributed by atoms with Crippen LogP contribution in [0.1, 0.15) is 12.0 Å². The van der Waals surface area contributed by atoms with E-state index in [1.54, 1.807) is 4.31 Å². The molecule has 1 N–H and O–H groups in total. The van der Waals surface area contributed by atoms with Crippen LogP contribution in [0.2, 0.25) is 0 Å². The molecule has 8 heteroatoms. The largest absolute Gasteiger partial charge is 0.315 e. The van der Waals surface area contributed by atoms with E-state index in [2.05, 4.69) is 5.32 Å². The van der Waals surface area contributed by atoms with Gasteiger partial charge in [0.25, 0.3) is 5.69 Å². The fourth-order valence-electron chi connectivity index (χ4n) is 3.16. The maximum atomic E-state index is 12.5. The van der Waals surface area contributed by atoms with E-state index in [0.717, 1.165) is 13.0 Å². The Labute approximate surface area is 123 Å². The number of hydrogen-bond donors (Lipinski definition) is 1. The van der Waals surface area contributed by atoms with Crippen molar-refractivity contribution in [2.75, 3.05) is 19.6 Å². The second kappa shape index (κ2) is 5.36. The number of nitro benzene ring substituents is 1. The maximum absolute atomic E-state index is 12.5. The number of nitrogens with zero attached hydrogens (tertiary/aromatic N) is 2. The molecule has 0 spiro atoms. The summed E-state index contributed by atoms with van der Waals surface area (Å²) in [6.45, 7) is 2.17. The molecule has 3 rings (SSSR count). The molecule has 0 unspecified atom stereocenters. The molecule has 0 aromatic heterocycles. The lowest BCUT2D eigenvalue weighted by molar-refractivity contribution is -0.384. The number of nitro groups is 1. The molecule has 2 heterocycles. The van der Waals surface area contributed by atoms with Gasteiger partial charge in [-0.1, -0.05) is 12.1 Å². The van der Waals surface area contributed by atoms with E-state index >= 15 is 0 Å². The first-order valence-electron chi connectivity index (χ1n) is 6.91. The molecule has 21 heavy (non-hydrogen) atoms. The Morgan fingerprint density at radius 1 is 1.29 bits per heavy atom. The van der Waals surface area contributed by atoms with E-state index in [1.807, 2.05) is 0 Å². The third-order valence-electron chi connectivity index (χ3n) is 4.25. The van der Waals surface area contributed by atoms with Crippen LogP contribution in [0.4, 0.5) is 5.69 Å². The average molecular weight is 311 g/mol. The normalized spacial score (nSPS) is 25.9. The van der Waals surface area contributed by atoms with Crippen LogP contribution in [0.5, 0.6) is 0 Å². The summed E-state index contributed by atoms with van der Waals surface area (Å²) in [5, 5.41) is 13.8. The molecule has 2 aliphatic heterocycles. The van der Waals surface area contributed by atoms with Crippen LogP contribution >= 0.6 is 0 Å². The van der Waals surface area contributed by atoms with E-state index in [1.165, 1.54) is 24.3 Å². The number of fused-ring (bicyclic) bond motifs is 1. The highest BCUT2D eigenvalue weighted by Gasteiger charge is 2.43. The van der Waals surface area contributed by atoms with Gasteiger partial charge < -0.3 is 5.32 Å². The van der Waals surface area contributed by atoms with E-state index < -0.39 is 14.9 Å². The van der Waals surface area contributed by atoms with E-state index in [9.17, 15) is 18.5 Å². The number of rotatable bonds is 4. The molecular formula is C13H17N3O4S. The highest BCUT2D eigenvalue weighted by Crippen LogP contribution is 2.30. The molecule has 2 saturated heterocycles. The Morgan fingerprint density at radius 2 is 2.00 bits per heavy atom. The van der Waals surface area contributed by atoms with Crippen molar-refractivity contribution in [3.8, 4) is 0 Å². The standard InChI is InChI=1S/C13H17N3O4S/c17-16(18)12-3-1-10(2-4-12)9-21(19,20)15-6-5-11-7-14-8-13(11)15/h1-4,11,13-14H,5-9H2/t11-,13+/m0/s1. The zero-order chi connectivity index (χ0) is 15.0. The fraction of sp³-hybridized carbons (Fsp3) is 0.538. The highest BCUT2D eigenvalue weighted by molar-refractivity contribution is 7.88.